The molecule has 0 atom stereocenters. The van der Waals surface area contributed by atoms with Crippen LogP contribution in [0.3, 0.4) is 0 Å². The monoisotopic (exact) mass is 294 g/mol. The van der Waals surface area contributed by atoms with Crippen molar-refractivity contribution < 1.29 is 4.79 Å². The summed E-state index contributed by atoms with van der Waals surface area (Å²) in [5.74, 6) is -0.0879. The van der Waals surface area contributed by atoms with Crippen LogP contribution in [0, 0.1) is 0 Å². The third kappa shape index (κ3) is 2.98. The van der Waals surface area contributed by atoms with Crippen LogP contribution in [-0.4, -0.2) is 20.5 Å². The molecule has 0 spiro atoms. The smallest absolute Gasteiger partial charge is 0.251 e. The lowest BCUT2D eigenvalue weighted by atomic mass is 10.1. The molecule has 0 unspecified atom stereocenters. The normalized spacial score (nSPS) is 10.8. The zero-order chi connectivity index (χ0) is 15.4. The average Bonchev–Trinajstić information content (AvgIpc) is 2.96. The van der Waals surface area contributed by atoms with Gasteiger partial charge in [0.25, 0.3) is 5.91 Å². The first-order valence-corrected chi connectivity index (χ1v) is 7.42. The van der Waals surface area contributed by atoms with Gasteiger partial charge in [-0.1, -0.05) is 19.4 Å². The first-order chi connectivity index (χ1) is 10.8. The second-order valence-electron chi connectivity index (χ2n) is 5.17. The summed E-state index contributed by atoms with van der Waals surface area (Å²) in [5.41, 5.74) is 3.60. The quantitative estimate of drug-likeness (QED) is 0.787. The van der Waals surface area contributed by atoms with Crippen molar-refractivity contribution in [1.29, 1.82) is 0 Å². The first kappa shape index (κ1) is 14.3. The number of aryl methyl sites for hydroxylation is 1. The molecule has 0 fully saturated rings. The Labute approximate surface area is 129 Å². The maximum absolute atomic E-state index is 12.3. The molecule has 1 amide bonds. The third-order valence-corrected chi connectivity index (χ3v) is 3.53. The molecule has 3 rings (SSSR count). The van der Waals surface area contributed by atoms with Gasteiger partial charge in [0.05, 0.1) is 11.7 Å². The van der Waals surface area contributed by atoms with Crippen LogP contribution in [0.1, 0.15) is 35.0 Å². The number of pyridine rings is 2. The molecule has 0 aliphatic heterocycles. The number of nitrogens with one attached hydrogen (secondary N) is 1. The molecular formula is C17H18N4O. The van der Waals surface area contributed by atoms with E-state index in [-0.39, 0.29) is 5.91 Å². The molecule has 5 nitrogen and oxygen atoms in total. The zero-order valence-electron chi connectivity index (χ0n) is 12.5. The number of amides is 1. The highest BCUT2D eigenvalue weighted by Gasteiger charge is 2.09. The molecule has 0 saturated heterocycles. The first-order valence-electron chi connectivity index (χ1n) is 7.42. The van der Waals surface area contributed by atoms with Crippen LogP contribution in [0.25, 0.3) is 5.52 Å². The molecule has 3 aromatic heterocycles. The number of rotatable bonds is 5. The van der Waals surface area contributed by atoms with Gasteiger partial charge in [-0.25, -0.2) is 4.52 Å². The van der Waals surface area contributed by atoms with Crippen molar-refractivity contribution in [1.82, 2.24) is 19.9 Å². The van der Waals surface area contributed by atoms with Crippen molar-refractivity contribution in [2.75, 3.05) is 0 Å². The number of fused-ring (bicyclic) bond motifs is 1. The highest BCUT2D eigenvalue weighted by Crippen LogP contribution is 2.10. The van der Waals surface area contributed by atoms with Gasteiger partial charge in [0, 0.05) is 35.8 Å². The van der Waals surface area contributed by atoms with Crippen LogP contribution in [0.4, 0.5) is 0 Å². The van der Waals surface area contributed by atoms with E-state index in [4.69, 9.17) is 0 Å². The summed E-state index contributed by atoms with van der Waals surface area (Å²) < 4.78 is 1.80. The summed E-state index contributed by atoms with van der Waals surface area (Å²) in [6.45, 7) is 2.55. The maximum atomic E-state index is 12.3. The number of carbonyl (C=O) groups excluding carboxylic acids is 1. The molecule has 112 valence electrons. The van der Waals surface area contributed by atoms with Crippen LogP contribution < -0.4 is 5.32 Å². The minimum Gasteiger partial charge on any atom is -0.348 e. The van der Waals surface area contributed by atoms with E-state index >= 15 is 0 Å². The minimum absolute atomic E-state index is 0.0879. The predicted molar refractivity (Wildman–Crippen MR) is 84.6 cm³/mol. The second-order valence-corrected chi connectivity index (χ2v) is 5.17. The van der Waals surface area contributed by atoms with Gasteiger partial charge in [-0.15, -0.1) is 0 Å². The summed E-state index contributed by atoms with van der Waals surface area (Å²) in [4.78, 5) is 16.5. The van der Waals surface area contributed by atoms with Crippen molar-refractivity contribution in [3.63, 3.8) is 0 Å². The molecule has 0 aliphatic rings. The fraction of sp³-hybridized carbons (Fsp3) is 0.235. The van der Waals surface area contributed by atoms with Crippen LogP contribution in [0.15, 0.2) is 48.9 Å². The highest BCUT2D eigenvalue weighted by atomic mass is 16.1. The molecule has 5 heteroatoms. The summed E-state index contributed by atoms with van der Waals surface area (Å²) in [6.07, 6.45) is 7.26. The lowest BCUT2D eigenvalue weighted by Gasteiger charge is -2.06. The Bertz CT molecular complexity index is 794. The van der Waals surface area contributed by atoms with E-state index in [9.17, 15) is 4.79 Å². The number of hydrogen-bond donors (Lipinski definition) is 1. The van der Waals surface area contributed by atoms with E-state index in [2.05, 4.69) is 22.3 Å². The lowest BCUT2D eigenvalue weighted by molar-refractivity contribution is 0.0951. The Morgan fingerprint density at radius 3 is 3.09 bits per heavy atom. The van der Waals surface area contributed by atoms with Crippen molar-refractivity contribution in [3.8, 4) is 0 Å². The number of nitrogens with zero attached hydrogens (tertiary/aromatic N) is 3. The molecule has 0 radical (unpaired) electrons. The summed E-state index contributed by atoms with van der Waals surface area (Å²) >= 11 is 0. The molecular weight excluding hydrogens is 276 g/mol. The molecule has 22 heavy (non-hydrogen) atoms. The molecule has 0 saturated carbocycles. The maximum Gasteiger partial charge on any atom is 0.251 e. The van der Waals surface area contributed by atoms with Crippen molar-refractivity contribution >= 4 is 11.4 Å². The van der Waals surface area contributed by atoms with E-state index in [1.54, 1.807) is 23.0 Å². The summed E-state index contributed by atoms with van der Waals surface area (Å²) in [6, 6.07) is 9.47. The largest absolute Gasteiger partial charge is 0.348 e. The van der Waals surface area contributed by atoms with Gasteiger partial charge in [-0.3, -0.25) is 9.78 Å². The van der Waals surface area contributed by atoms with E-state index < -0.39 is 0 Å². The van der Waals surface area contributed by atoms with E-state index in [0.29, 0.717) is 12.1 Å². The molecule has 0 aliphatic carbocycles. The van der Waals surface area contributed by atoms with Crippen LogP contribution in [0.5, 0.6) is 0 Å². The summed E-state index contributed by atoms with van der Waals surface area (Å²) in [7, 11) is 0. The van der Waals surface area contributed by atoms with Crippen LogP contribution in [-0.2, 0) is 13.0 Å². The van der Waals surface area contributed by atoms with Gasteiger partial charge in [0.2, 0.25) is 0 Å². The fourth-order valence-electron chi connectivity index (χ4n) is 2.41. The molecule has 3 heterocycles. The van der Waals surface area contributed by atoms with Gasteiger partial charge in [-0.05, 0) is 30.7 Å². The van der Waals surface area contributed by atoms with Crippen LogP contribution >= 0.6 is 0 Å². The Morgan fingerprint density at radius 1 is 1.32 bits per heavy atom. The van der Waals surface area contributed by atoms with Gasteiger partial charge in [0.15, 0.2) is 0 Å². The fourth-order valence-corrected chi connectivity index (χ4v) is 2.41. The van der Waals surface area contributed by atoms with E-state index in [1.807, 2.05) is 30.5 Å². The Balaban J connectivity index is 1.71. The van der Waals surface area contributed by atoms with E-state index in [1.165, 1.54) is 0 Å². The number of hydrogen-bond acceptors (Lipinski definition) is 3. The topological polar surface area (TPSA) is 59.3 Å². The van der Waals surface area contributed by atoms with Gasteiger partial charge in [-0.2, -0.15) is 5.10 Å². The predicted octanol–water partition coefficient (Wildman–Crippen LogP) is 2.61. The third-order valence-electron chi connectivity index (χ3n) is 3.53. The lowest BCUT2D eigenvalue weighted by Crippen LogP contribution is -2.23. The Kier molecular flexibility index (Phi) is 4.14. The number of carbonyl (C=O) groups is 1. The van der Waals surface area contributed by atoms with Crippen molar-refractivity contribution in [2.24, 2.45) is 0 Å². The second kappa shape index (κ2) is 6.39. The van der Waals surface area contributed by atoms with Gasteiger partial charge >= 0.3 is 0 Å². The summed E-state index contributed by atoms with van der Waals surface area (Å²) in [5, 5.41) is 7.21. The zero-order valence-corrected chi connectivity index (χ0v) is 12.5. The van der Waals surface area contributed by atoms with Gasteiger partial charge < -0.3 is 5.32 Å². The number of aromatic nitrogens is 3. The van der Waals surface area contributed by atoms with Crippen molar-refractivity contribution in [2.45, 2.75) is 26.3 Å². The average molecular weight is 294 g/mol. The minimum atomic E-state index is -0.0879. The highest BCUT2D eigenvalue weighted by molar-refractivity contribution is 5.94. The van der Waals surface area contributed by atoms with Gasteiger partial charge in [0.1, 0.15) is 0 Å². The van der Waals surface area contributed by atoms with Crippen molar-refractivity contribution in [3.05, 3.63) is 65.7 Å². The van der Waals surface area contributed by atoms with E-state index in [0.717, 1.165) is 29.6 Å². The Morgan fingerprint density at radius 2 is 2.23 bits per heavy atom. The SMILES string of the molecule is CCCc1cc(C(=O)NCc2cnn3ccccc23)ccn1. The molecule has 1 N–H and O–H groups in total. The Hall–Kier alpha value is -2.69. The molecule has 3 aromatic rings. The molecule has 0 aromatic carbocycles. The molecule has 0 bridgehead atoms. The standard InChI is InChI=1S/C17H18N4O/c1-2-5-15-10-13(7-8-18-15)17(22)19-11-14-12-20-21-9-4-3-6-16(14)21/h3-4,6-10,12H,2,5,11H2,1H3,(H,19,22). The van der Waals surface area contributed by atoms with Crippen LogP contribution in [0.2, 0.25) is 0 Å².